The van der Waals surface area contributed by atoms with E-state index in [4.69, 9.17) is 0 Å². The first-order chi connectivity index (χ1) is 10.0. The molecule has 0 aliphatic carbocycles. The molecule has 1 N–H and O–H groups in total. The van der Waals surface area contributed by atoms with Gasteiger partial charge in [-0.25, -0.2) is 4.39 Å². The first kappa shape index (κ1) is 15.0. The monoisotopic (exact) mass is 283 g/mol. The van der Waals surface area contributed by atoms with Crippen LogP contribution < -0.4 is 5.32 Å². The molecule has 0 aliphatic heterocycles. The maximum absolute atomic E-state index is 12.8. The second kappa shape index (κ2) is 6.84. The largest absolute Gasteiger partial charge is 0.323 e. The zero-order valence-electron chi connectivity index (χ0n) is 12.1. The number of anilines is 1. The Morgan fingerprint density at radius 1 is 1.05 bits per heavy atom. The summed E-state index contributed by atoms with van der Waals surface area (Å²) in [7, 11) is 0. The number of carbonyl (C=O) groups is 1. The lowest BCUT2D eigenvalue weighted by atomic mass is 10.0. The van der Waals surface area contributed by atoms with E-state index in [2.05, 4.69) is 31.3 Å². The van der Waals surface area contributed by atoms with Crippen molar-refractivity contribution in [2.75, 3.05) is 5.32 Å². The van der Waals surface area contributed by atoms with Gasteiger partial charge in [0.2, 0.25) is 5.91 Å². The molecular formula is C18H18FNO. The van der Waals surface area contributed by atoms with E-state index in [9.17, 15) is 9.18 Å². The van der Waals surface area contributed by atoms with Crippen LogP contribution in [0.1, 0.15) is 30.9 Å². The van der Waals surface area contributed by atoms with Crippen molar-refractivity contribution in [2.24, 2.45) is 0 Å². The van der Waals surface area contributed by atoms with Crippen LogP contribution in [-0.4, -0.2) is 5.91 Å². The molecule has 2 nitrogen and oxygen atoms in total. The summed E-state index contributed by atoms with van der Waals surface area (Å²) in [6.07, 6.45) is 3.22. The van der Waals surface area contributed by atoms with E-state index in [-0.39, 0.29) is 11.7 Å². The van der Waals surface area contributed by atoms with E-state index in [1.54, 1.807) is 6.08 Å². The third-order valence-electron chi connectivity index (χ3n) is 3.14. The van der Waals surface area contributed by atoms with Gasteiger partial charge in [0.05, 0.1) is 0 Å². The minimum Gasteiger partial charge on any atom is -0.323 e. The summed E-state index contributed by atoms with van der Waals surface area (Å²) in [5.41, 5.74) is 2.80. The van der Waals surface area contributed by atoms with Gasteiger partial charge >= 0.3 is 0 Å². The second-order valence-electron chi connectivity index (χ2n) is 5.15. The normalized spacial score (nSPS) is 11.0. The maximum Gasteiger partial charge on any atom is 0.248 e. The summed E-state index contributed by atoms with van der Waals surface area (Å²) < 4.78 is 12.8. The van der Waals surface area contributed by atoms with E-state index < -0.39 is 0 Å². The third-order valence-corrected chi connectivity index (χ3v) is 3.14. The van der Waals surface area contributed by atoms with Gasteiger partial charge < -0.3 is 5.32 Å². The fourth-order valence-electron chi connectivity index (χ4n) is 1.88. The lowest BCUT2D eigenvalue weighted by Gasteiger charge is -2.04. The average molecular weight is 283 g/mol. The highest BCUT2D eigenvalue weighted by Crippen LogP contribution is 2.15. The van der Waals surface area contributed by atoms with Gasteiger partial charge in [0.15, 0.2) is 0 Å². The summed E-state index contributed by atoms with van der Waals surface area (Å²) in [6, 6.07) is 13.8. The molecule has 0 unspecified atom stereocenters. The molecule has 2 aromatic carbocycles. The van der Waals surface area contributed by atoms with Crippen molar-refractivity contribution in [3.8, 4) is 0 Å². The van der Waals surface area contributed by atoms with Gasteiger partial charge in [0.1, 0.15) is 5.82 Å². The van der Waals surface area contributed by atoms with E-state index >= 15 is 0 Å². The molecule has 0 radical (unpaired) electrons. The Hall–Kier alpha value is -2.42. The molecule has 0 saturated heterocycles. The predicted molar refractivity (Wildman–Crippen MR) is 84.6 cm³/mol. The molecule has 2 rings (SSSR count). The number of nitrogens with one attached hydrogen (secondary N) is 1. The van der Waals surface area contributed by atoms with Crippen LogP contribution in [0.2, 0.25) is 0 Å². The average Bonchev–Trinajstić information content (AvgIpc) is 2.48. The van der Waals surface area contributed by atoms with Gasteiger partial charge in [-0.1, -0.05) is 38.1 Å². The SMILES string of the molecule is CC(C)c1ccc(C=CC(=O)Nc2ccc(F)cc2)cc1. The van der Waals surface area contributed by atoms with Crippen LogP contribution in [0.5, 0.6) is 0 Å². The third kappa shape index (κ3) is 4.56. The molecular weight excluding hydrogens is 265 g/mol. The standard InChI is InChI=1S/C18H18FNO/c1-13(2)15-6-3-14(4-7-15)5-12-18(21)20-17-10-8-16(19)9-11-17/h3-13H,1-2H3,(H,20,21). The van der Waals surface area contributed by atoms with Crippen LogP contribution in [-0.2, 0) is 4.79 Å². The van der Waals surface area contributed by atoms with Crippen molar-refractivity contribution < 1.29 is 9.18 Å². The molecule has 0 fully saturated rings. The fraction of sp³-hybridized carbons (Fsp3) is 0.167. The Bertz CT molecular complexity index is 627. The van der Waals surface area contributed by atoms with Crippen LogP contribution in [0.4, 0.5) is 10.1 Å². The molecule has 2 aromatic rings. The van der Waals surface area contributed by atoms with E-state index in [0.717, 1.165) is 5.56 Å². The van der Waals surface area contributed by atoms with Crippen LogP contribution in [0.25, 0.3) is 6.08 Å². The molecule has 1 amide bonds. The van der Waals surface area contributed by atoms with Crippen molar-refractivity contribution in [3.05, 3.63) is 71.6 Å². The number of hydrogen-bond donors (Lipinski definition) is 1. The van der Waals surface area contributed by atoms with Crippen molar-refractivity contribution in [3.63, 3.8) is 0 Å². The molecule has 0 atom stereocenters. The number of carbonyl (C=O) groups excluding carboxylic acids is 1. The Morgan fingerprint density at radius 3 is 2.24 bits per heavy atom. The summed E-state index contributed by atoms with van der Waals surface area (Å²) in [6.45, 7) is 4.28. The Kier molecular flexibility index (Phi) is 4.88. The van der Waals surface area contributed by atoms with Crippen LogP contribution in [0, 0.1) is 5.82 Å². The van der Waals surface area contributed by atoms with Crippen molar-refractivity contribution in [1.82, 2.24) is 0 Å². The summed E-state index contributed by atoms with van der Waals surface area (Å²) in [5.74, 6) is -0.0758. The van der Waals surface area contributed by atoms with E-state index in [1.165, 1.54) is 35.9 Å². The molecule has 3 heteroatoms. The van der Waals surface area contributed by atoms with Gasteiger partial charge in [-0.15, -0.1) is 0 Å². The predicted octanol–water partition coefficient (Wildman–Crippen LogP) is 4.60. The minimum atomic E-state index is -0.325. The van der Waals surface area contributed by atoms with Crippen molar-refractivity contribution >= 4 is 17.7 Å². The van der Waals surface area contributed by atoms with Crippen molar-refractivity contribution in [2.45, 2.75) is 19.8 Å². The summed E-state index contributed by atoms with van der Waals surface area (Å²) >= 11 is 0. The summed E-state index contributed by atoms with van der Waals surface area (Å²) in [5, 5.41) is 2.68. The lowest BCUT2D eigenvalue weighted by molar-refractivity contribution is -0.111. The smallest absolute Gasteiger partial charge is 0.248 e. The van der Waals surface area contributed by atoms with Gasteiger partial charge in [-0.3, -0.25) is 4.79 Å². The van der Waals surface area contributed by atoms with Gasteiger partial charge in [-0.2, -0.15) is 0 Å². The van der Waals surface area contributed by atoms with Gasteiger partial charge in [0, 0.05) is 11.8 Å². The molecule has 108 valence electrons. The highest BCUT2D eigenvalue weighted by atomic mass is 19.1. The highest BCUT2D eigenvalue weighted by Gasteiger charge is 1.99. The number of benzene rings is 2. The molecule has 0 spiro atoms. The van der Waals surface area contributed by atoms with E-state index in [0.29, 0.717) is 11.6 Å². The topological polar surface area (TPSA) is 29.1 Å². The van der Waals surface area contributed by atoms with Crippen LogP contribution in [0.3, 0.4) is 0 Å². The van der Waals surface area contributed by atoms with Gasteiger partial charge in [-0.05, 0) is 47.4 Å². The maximum atomic E-state index is 12.8. The second-order valence-corrected chi connectivity index (χ2v) is 5.15. The van der Waals surface area contributed by atoms with Crippen LogP contribution >= 0.6 is 0 Å². The molecule has 0 aromatic heterocycles. The zero-order chi connectivity index (χ0) is 15.2. The van der Waals surface area contributed by atoms with Gasteiger partial charge in [0.25, 0.3) is 0 Å². The number of amides is 1. The minimum absolute atomic E-state index is 0.241. The molecule has 0 saturated carbocycles. The zero-order valence-corrected chi connectivity index (χ0v) is 12.1. The molecule has 0 aliphatic rings. The van der Waals surface area contributed by atoms with Crippen LogP contribution in [0.15, 0.2) is 54.6 Å². The highest BCUT2D eigenvalue weighted by molar-refractivity contribution is 6.01. The molecule has 0 bridgehead atoms. The molecule has 21 heavy (non-hydrogen) atoms. The number of rotatable bonds is 4. The first-order valence-corrected chi connectivity index (χ1v) is 6.89. The Labute approximate surface area is 124 Å². The van der Waals surface area contributed by atoms with E-state index in [1.807, 2.05) is 12.1 Å². The molecule has 0 heterocycles. The van der Waals surface area contributed by atoms with Crippen molar-refractivity contribution in [1.29, 1.82) is 0 Å². The first-order valence-electron chi connectivity index (χ1n) is 6.89. The summed E-state index contributed by atoms with van der Waals surface area (Å²) in [4.78, 5) is 11.8. The quantitative estimate of drug-likeness (QED) is 0.816. The number of hydrogen-bond acceptors (Lipinski definition) is 1. The fourth-order valence-corrected chi connectivity index (χ4v) is 1.88. The number of halogens is 1. The lowest BCUT2D eigenvalue weighted by Crippen LogP contribution is -2.07. The Balaban J connectivity index is 1.96. The Morgan fingerprint density at radius 2 is 1.67 bits per heavy atom.